The lowest BCUT2D eigenvalue weighted by Crippen LogP contribution is -2.36. The number of alkyl halides is 3. The number of ether oxygens (including phenoxy) is 1. The first-order valence-corrected chi connectivity index (χ1v) is 10.7. The standard InChI is InChI=1S/C25H24F5N3O2/c1-31-24(34)23(15-3-6-17(26)7-4-15)32-12-11-19(20-9-8-18(27)13-21(20)35-2)16-5-10-22(33-14-16)25(28,29)30/h3-10,13-14,19,23,32H,11-12H2,1-2H3,(H,31,34). The molecule has 0 fully saturated rings. The van der Waals surface area contributed by atoms with Gasteiger partial charge in [0, 0.05) is 30.8 Å². The van der Waals surface area contributed by atoms with E-state index in [0.717, 1.165) is 12.3 Å². The highest BCUT2D eigenvalue weighted by atomic mass is 19.4. The maximum Gasteiger partial charge on any atom is 0.433 e. The van der Waals surface area contributed by atoms with Crippen molar-refractivity contribution in [2.24, 2.45) is 0 Å². The first-order chi connectivity index (χ1) is 16.6. The number of methoxy groups -OCH3 is 1. The molecule has 2 atom stereocenters. The second-order valence-corrected chi connectivity index (χ2v) is 7.76. The molecule has 1 amide bonds. The summed E-state index contributed by atoms with van der Waals surface area (Å²) >= 11 is 0. The molecule has 0 radical (unpaired) electrons. The first-order valence-electron chi connectivity index (χ1n) is 10.7. The maximum absolute atomic E-state index is 13.8. The Balaban J connectivity index is 1.89. The lowest BCUT2D eigenvalue weighted by Gasteiger charge is -2.23. The SMILES string of the molecule is CNC(=O)C(NCCC(c1ccc(C(F)(F)F)nc1)c1ccc(F)cc1OC)c1ccc(F)cc1. The quantitative estimate of drug-likeness (QED) is 0.413. The number of benzene rings is 2. The van der Waals surface area contributed by atoms with E-state index in [9.17, 15) is 26.7 Å². The van der Waals surface area contributed by atoms with Crippen molar-refractivity contribution in [3.8, 4) is 5.75 Å². The Kier molecular flexibility index (Phi) is 8.39. The summed E-state index contributed by atoms with van der Waals surface area (Å²) in [5.41, 5.74) is 0.525. The van der Waals surface area contributed by atoms with E-state index in [1.807, 2.05) is 0 Å². The number of carbonyl (C=O) groups excluding carboxylic acids is 1. The topological polar surface area (TPSA) is 63.2 Å². The van der Waals surface area contributed by atoms with Crippen LogP contribution >= 0.6 is 0 Å². The molecule has 2 aromatic carbocycles. The number of carbonyl (C=O) groups is 1. The molecule has 10 heteroatoms. The summed E-state index contributed by atoms with van der Waals surface area (Å²) in [5, 5.41) is 5.66. The van der Waals surface area contributed by atoms with Gasteiger partial charge in [-0.05, 0) is 48.4 Å². The number of halogens is 5. The molecule has 2 N–H and O–H groups in total. The van der Waals surface area contributed by atoms with Gasteiger partial charge in [0.2, 0.25) is 5.91 Å². The van der Waals surface area contributed by atoms with Crippen LogP contribution in [0, 0.1) is 11.6 Å². The van der Waals surface area contributed by atoms with Crippen molar-refractivity contribution < 1.29 is 31.5 Å². The van der Waals surface area contributed by atoms with E-state index in [1.54, 1.807) is 0 Å². The number of nitrogens with zero attached hydrogens (tertiary/aromatic N) is 1. The fourth-order valence-corrected chi connectivity index (χ4v) is 3.79. The van der Waals surface area contributed by atoms with Gasteiger partial charge in [0.05, 0.1) is 7.11 Å². The Labute approximate surface area is 199 Å². The molecule has 186 valence electrons. The maximum atomic E-state index is 13.8. The van der Waals surface area contributed by atoms with E-state index in [-0.39, 0.29) is 18.2 Å². The molecule has 1 heterocycles. The van der Waals surface area contributed by atoms with Crippen molar-refractivity contribution in [1.29, 1.82) is 0 Å². The summed E-state index contributed by atoms with van der Waals surface area (Å²) in [6.07, 6.45) is -3.14. The zero-order chi connectivity index (χ0) is 25.6. The molecule has 2 unspecified atom stereocenters. The Morgan fingerprint density at radius 2 is 1.66 bits per heavy atom. The van der Waals surface area contributed by atoms with Crippen LogP contribution in [0.15, 0.2) is 60.8 Å². The molecule has 0 spiro atoms. The normalized spacial score (nSPS) is 13.2. The van der Waals surface area contributed by atoms with Crippen LogP contribution in [0.3, 0.4) is 0 Å². The van der Waals surface area contributed by atoms with E-state index < -0.39 is 35.5 Å². The van der Waals surface area contributed by atoms with Gasteiger partial charge in [-0.2, -0.15) is 13.2 Å². The first kappa shape index (κ1) is 26.1. The molecule has 1 aromatic heterocycles. The van der Waals surface area contributed by atoms with E-state index in [0.29, 0.717) is 23.1 Å². The zero-order valence-electron chi connectivity index (χ0n) is 19.0. The van der Waals surface area contributed by atoms with Gasteiger partial charge in [-0.3, -0.25) is 9.78 Å². The molecular formula is C25H24F5N3O2. The molecule has 5 nitrogen and oxygen atoms in total. The summed E-state index contributed by atoms with van der Waals surface area (Å²) < 4.78 is 71.4. The van der Waals surface area contributed by atoms with Crippen LogP contribution in [0.5, 0.6) is 5.75 Å². The van der Waals surface area contributed by atoms with Gasteiger partial charge < -0.3 is 15.4 Å². The second kappa shape index (κ2) is 11.3. The van der Waals surface area contributed by atoms with Crippen LogP contribution in [0.1, 0.15) is 40.8 Å². The van der Waals surface area contributed by atoms with Crippen LogP contribution in [0.4, 0.5) is 22.0 Å². The average molecular weight is 493 g/mol. The molecule has 0 saturated heterocycles. The molecule has 0 aliphatic carbocycles. The Morgan fingerprint density at radius 3 is 2.23 bits per heavy atom. The highest BCUT2D eigenvalue weighted by Gasteiger charge is 2.32. The minimum absolute atomic E-state index is 0.233. The van der Waals surface area contributed by atoms with E-state index in [4.69, 9.17) is 4.74 Å². The van der Waals surface area contributed by atoms with Crippen LogP contribution in [-0.2, 0) is 11.0 Å². The summed E-state index contributed by atoms with van der Waals surface area (Å²) in [6, 6.07) is 10.8. The lowest BCUT2D eigenvalue weighted by atomic mass is 9.88. The number of hydrogen-bond acceptors (Lipinski definition) is 4. The number of pyridine rings is 1. The highest BCUT2D eigenvalue weighted by molar-refractivity contribution is 5.82. The molecule has 0 bridgehead atoms. The monoisotopic (exact) mass is 493 g/mol. The minimum atomic E-state index is -4.58. The van der Waals surface area contributed by atoms with E-state index in [1.165, 1.54) is 62.7 Å². The van der Waals surface area contributed by atoms with Gasteiger partial charge in [0.1, 0.15) is 29.1 Å². The van der Waals surface area contributed by atoms with Crippen molar-refractivity contribution in [2.75, 3.05) is 20.7 Å². The molecular weight excluding hydrogens is 469 g/mol. The molecule has 0 aliphatic heterocycles. The van der Waals surface area contributed by atoms with E-state index >= 15 is 0 Å². The largest absolute Gasteiger partial charge is 0.496 e. The number of aromatic nitrogens is 1. The highest BCUT2D eigenvalue weighted by Crippen LogP contribution is 2.36. The number of rotatable bonds is 9. The fraction of sp³-hybridized carbons (Fsp3) is 0.280. The van der Waals surface area contributed by atoms with Crippen molar-refractivity contribution in [1.82, 2.24) is 15.6 Å². The summed E-state index contributed by atoms with van der Waals surface area (Å²) in [4.78, 5) is 16.0. The smallest absolute Gasteiger partial charge is 0.433 e. The molecule has 35 heavy (non-hydrogen) atoms. The number of nitrogens with one attached hydrogen (secondary N) is 2. The Bertz CT molecular complexity index is 1140. The van der Waals surface area contributed by atoms with Gasteiger partial charge in [0.15, 0.2) is 0 Å². The van der Waals surface area contributed by atoms with Crippen molar-refractivity contribution in [2.45, 2.75) is 24.6 Å². The molecule has 0 saturated carbocycles. The Morgan fingerprint density at radius 1 is 1.00 bits per heavy atom. The van der Waals surface area contributed by atoms with Crippen LogP contribution in [-0.4, -0.2) is 31.6 Å². The third kappa shape index (κ3) is 6.54. The molecule has 3 aromatic rings. The van der Waals surface area contributed by atoms with Crippen molar-refractivity contribution in [3.05, 3.63) is 94.8 Å². The average Bonchev–Trinajstić information content (AvgIpc) is 2.84. The third-order valence-electron chi connectivity index (χ3n) is 5.54. The van der Waals surface area contributed by atoms with E-state index in [2.05, 4.69) is 15.6 Å². The Hall–Kier alpha value is -3.53. The van der Waals surface area contributed by atoms with Crippen molar-refractivity contribution in [3.63, 3.8) is 0 Å². The minimum Gasteiger partial charge on any atom is -0.496 e. The summed E-state index contributed by atoms with van der Waals surface area (Å²) in [6.45, 7) is 0.238. The van der Waals surface area contributed by atoms with Gasteiger partial charge in [-0.15, -0.1) is 0 Å². The van der Waals surface area contributed by atoms with Crippen LogP contribution in [0.2, 0.25) is 0 Å². The van der Waals surface area contributed by atoms with Crippen LogP contribution < -0.4 is 15.4 Å². The fourth-order valence-electron chi connectivity index (χ4n) is 3.79. The molecule has 0 aliphatic rings. The number of likely N-dealkylation sites (N-methyl/N-ethyl adjacent to an activating group) is 1. The molecule has 3 rings (SSSR count). The summed E-state index contributed by atoms with van der Waals surface area (Å²) in [5.74, 6) is -1.60. The van der Waals surface area contributed by atoms with Gasteiger partial charge in [-0.1, -0.05) is 24.3 Å². The van der Waals surface area contributed by atoms with Crippen molar-refractivity contribution >= 4 is 5.91 Å². The van der Waals surface area contributed by atoms with Gasteiger partial charge in [-0.25, -0.2) is 8.78 Å². The number of amides is 1. The summed E-state index contributed by atoms with van der Waals surface area (Å²) in [7, 11) is 2.84. The van der Waals surface area contributed by atoms with Gasteiger partial charge in [0.25, 0.3) is 0 Å². The second-order valence-electron chi connectivity index (χ2n) is 7.76. The zero-order valence-corrected chi connectivity index (χ0v) is 19.0. The predicted molar refractivity (Wildman–Crippen MR) is 120 cm³/mol. The predicted octanol–water partition coefficient (Wildman–Crippen LogP) is 4.99. The van der Waals surface area contributed by atoms with Gasteiger partial charge >= 0.3 is 6.18 Å². The van der Waals surface area contributed by atoms with Crippen LogP contribution in [0.25, 0.3) is 0 Å². The lowest BCUT2D eigenvalue weighted by molar-refractivity contribution is -0.141. The number of hydrogen-bond donors (Lipinski definition) is 2. The third-order valence-corrected chi connectivity index (χ3v) is 5.54.